The molecule has 4 nitrogen and oxygen atoms in total. The van der Waals surface area contributed by atoms with Crippen molar-refractivity contribution in [1.29, 1.82) is 0 Å². The van der Waals surface area contributed by atoms with Gasteiger partial charge in [-0.3, -0.25) is 4.79 Å². The van der Waals surface area contributed by atoms with Crippen molar-refractivity contribution in [3.05, 3.63) is 77.5 Å². The minimum atomic E-state index is -3.37. The standard InChI is InChI=1S/C21H17F2O4S.C3H8/c1-2-3-4-19(24)21(27-20-12-7-15(22)13-18(20)23)14-5-8-16(9-6-14)28(25,26)17-10-11-17;1-3-2/h2,5-9,12-13,17,21H,10-11H2,1H3;3H2,1-2H3. The first kappa shape index (κ1) is 24.5. The van der Waals surface area contributed by atoms with Crippen molar-refractivity contribution >= 4 is 15.6 Å². The van der Waals surface area contributed by atoms with E-state index < -0.39 is 33.4 Å². The SMILES string of the molecule is CC=C=[C]C(=O)C(Oc1ccc(F)cc1F)c1ccc(S(=O)(=O)C2CC2)cc1.CCC. The number of rotatable bonds is 7. The number of benzene rings is 2. The molecule has 7 heteroatoms. The van der Waals surface area contributed by atoms with Crippen molar-refractivity contribution in [2.45, 2.75) is 56.3 Å². The smallest absolute Gasteiger partial charge is 0.217 e. The van der Waals surface area contributed by atoms with Crippen LogP contribution in [-0.2, 0) is 14.6 Å². The van der Waals surface area contributed by atoms with Gasteiger partial charge in [0.1, 0.15) is 5.82 Å². The van der Waals surface area contributed by atoms with Gasteiger partial charge in [0.05, 0.1) is 16.2 Å². The summed E-state index contributed by atoms with van der Waals surface area (Å²) in [5.74, 6) is -2.68. The second-order valence-electron chi connectivity index (χ2n) is 7.02. The van der Waals surface area contributed by atoms with Crippen molar-refractivity contribution in [3.63, 3.8) is 0 Å². The van der Waals surface area contributed by atoms with Crippen molar-refractivity contribution < 1.29 is 26.7 Å². The van der Waals surface area contributed by atoms with Crippen LogP contribution in [0.3, 0.4) is 0 Å². The highest BCUT2D eigenvalue weighted by molar-refractivity contribution is 7.92. The van der Waals surface area contributed by atoms with Gasteiger partial charge in [0, 0.05) is 11.6 Å². The van der Waals surface area contributed by atoms with E-state index in [1.807, 2.05) is 0 Å². The number of Topliss-reactive ketones (excluding diaryl/α,β-unsaturated/α-hetero) is 1. The average molecular weight is 448 g/mol. The first-order valence-electron chi connectivity index (χ1n) is 10.0. The van der Waals surface area contributed by atoms with Crippen LogP contribution in [0.4, 0.5) is 8.78 Å². The van der Waals surface area contributed by atoms with Gasteiger partial charge in [0.25, 0.3) is 0 Å². The Morgan fingerprint density at radius 2 is 1.77 bits per heavy atom. The molecular formula is C24H25F2O4S. The Morgan fingerprint density at radius 1 is 1.16 bits per heavy atom. The van der Waals surface area contributed by atoms with Gasteiger partial charge in [-0.2, -0.15) is 0 Å². The van der Waals surface area contributed by atoms with Crippen LogP contribution in [0.25, 0.3) is 0 Å². The average Bonchev–Trinajstić information content (AvgIpc) is 3.58. The highest BCUT2D eigenvalue weighted by Crippen LogP contribution is 2.34. The topological polar surface area (TPSA) is 60.4 Å². The molecule has 1 saturated carbocycles. The summed E-state index contributed by atoms with van der Waals surface area (Å²) in [5, 5.41) is -0.355. The van der Waals surface area contributed by atoms with Gasteiger partial charge in [-0.1, -0.05) is 32.4 Å². The van der Waals surface area contributed by atoms with Crippen LogP contribution in [-0.4, -0.2) is 19.5 Å². The Hall–Kier alpha value is -2.76. The van der Waals surface area contributed by atoms with Gasteiger partial charge in [-0.15, -0.1) is 5.73 Å². The van der Waals surface area contributed by atoms with E-state index in [-0.39, 0.29) is 15.9 Å². The van der Waals surface area contributed by atoms with Crippen molar-refractivity contribution in [3.8, 4) is 5.75 Å². The fourth-order valence-electron chi connectivity index (χ4n) is 2.58. The lowest BCUT2D eigenvalue weighted by atomic mass is 10.1. The van der Waals surface area contributed by atoms with Gasteiger partial charge in [0.2, 0.25) is 5.78 Å². The molecule has 1 radical (unpaired) electrons. The van der Waals surface area contributed by atoms with Crippen LogP contribution in [0.15, 0.2) is 59.2 Å². The summed E-state index contributed by atoms with van der Waals surface area (Å²) >= 11 is 0. The molecule has 0 heterocycles. The lowest BCUT2D eigenvalue weighted by Gasteiger charge is -2.17. The summed E-state index contributed by atoms with van der Waals surface area (Å²) in [4.78, 5) is 12.6. The van der Waals surface area contributed by atoms with Gasteiger partial charge in [-0.25, -0.2) is 17.2 Å². The lowest BCUT2D eigenvalue weighted by Crippen LogP contribution is -2.18. The molecular weight excluding hydrogens is 422 g/mol. The molecule has 0 spiro atoms. The van der Waals surface area contributed by atoms with E-state index in [0.29, 0.717) is 24.5 Å². The van der Waals surface area contributed by atoms with E-state index in [0.717, 1.165) is 12.1 Å². The van der Waals surface area contributed by atoms with Gasteiger partial charge in [0.15, 0.2) is 27.5 Å². The van der Waals surface area contributed by atoms with E-state index in [4.69, 9.17) is 4.74 Å². The Kier molecular flexibility index (Phi) is 8.72. The normalized spacial score (nSPS) is 13.8. The Balaban J connectivity index is 0.00000107. The summed E-state index contributed by atoms with van der Waals surface area (Å²) in [6.07, 6.45) is 5.09. The van der Waals surface area contributed by atoms with Gasteiger partial charge in [-0.05, 0) is 50.1 Å². The molecule has 1 fully saturated rings. The maximum absolute atomic E-state index is 14.0. The number of ketones is 1. The number of carbonyl (C=O) groups is 1. The summed E-state index contributed by atoms with van der Waals surface area (Å²) in [6.45, 7) is 5.90. The second kappa shape index (κ2) is 11.0. The molecule has 1 unspecified atom stereocenters. The predicted molar refractivity (Wildman–Crippen MR) is 114 cm³/mol. The molecule has 1 atom stereocenters. The molecule has 1 aliphatic carbocycles. The predicted octanol–water partition coefficient (Wildman–Crippen LogP) is 5.54. The highest BCUT2D eigenvalue weighted by Gasteiger charge is 2.37. The molecule has 0 bridgehead atoms. The second-order valence-corrected chi connectivity index (χ2v) is 9.24. The zero-order valence-electron chi connectivity index (χ0n) is 17.7. The van der Waals surface area contributed by atoms with Gasteiger partial charge < -0.3 is 4.74 Å². The summed E-state index contributed by atoms with van der Waals surface area (Å²) in [6, 6.07) is 8.41. The third-order valence-corrected chi connectivity index (χ3v) is 6.47. The Morgan fingerprint density at radius 3 is 2.29 bits per heavy atom. The van der Waals surface area contributed by atoms with E-state index >= 15 is 0 Å². The first-order chi connectivity index (χ1) is 14.7. The van der Waals surface area contributed by atoms with Crippen LogP contribution in [0.2, 0.25) is 0 Å². The molecule has 0 aliphatic heterocycles. The molecule has 3 rings (SSSR count). The van der Waals surface area contributed by atoms with Crippen LogP contribution in [0, 0.1) is 17.7 Å². The number of hydrogen-bond acceptors (Lipinski definition) is 4. The molecule has 2 aromatic rings. The molecule has 31 heavy (non-hydrogen) atoms. The molecule has 0 aromatic heterocycles. The van der Waals surface area contributed by atoms with Crippen molar-refractivity contribution in [1.82, 2.24) is 0 Å². The quantitative estimate of drug-likeness (QED) is 0.413. The zero-order valence-corrected chi connectivity index (χ0v) is 18.5. The fourth-order valence-corrected chi connectivity index (χ4v) is 4.24. The van der Waals surface area contributed by atoms with E-state index in [9.17, 15) is 22.0 Å². The van der Waals surface area contributed by atoms with Gasteiger partial charge >= 0.3 is 0 Å². The van der Waals surface area contributed by atoms with E-state index in [1.165, 1.54) is 36.8 Å². The lowest BCUT2D eigenvalue weighted by molar-refractivity contribution is -0.122. The van der Waals surface area contributed by atoms with Crippen LogP contribution in [0.5, 0.6) is 5.75 Å². The van der Waals surface area contributed by atoms with E-state index in [1.54, 1.807) is 6.92 Å². The minimum absolute atomic E-state index is 0.158. The zero-order chi connectivity index (χ0) is 23.0. The monoisotopic (exact) mass is 447 g/mol. The number of sulfone groups is 1. The largest absolute Gasteiger partial charge is 0.474 e. The molecule has 165 valence electrons. The number of ether oxygens (including phenoxy) is 1. The minimum Gasteiger partial charge on any atom is -0.474 e. The third kappa shape index (κ3) is 6.61. The van der Waals surface area contributed by atoms with Crippen LogP contribution < -0.4 is 4.74 Å². The Bertz CT molecular complexity index is 1070. The maximum atomic E-state index is 14.0. The summed E-state index contributed by atoms with van der Waals surface area (Å²) in [7, 11) is -3.37. The van der Waals surface area contributed by atoms with Crippen LogP contribution >= 0.6 is 0 Å². The summed E-state index contributed by atoms with van der Waals surface area (Å²) < 4.78 is 57.2. The molecule has 0 saturated heterocycles. The van der Waals surface area contributed by atoms with E-state index in [2.05, 4.69) is 25.7 Å². The van der Waals surface area contributed by atoms with Crippen LogP contribution in [0.1, 0.15) is 51.7 Å². The van der Waals surface area contributed by atoms with Crippen molar-refractivity contribution in [2.24, 2.45) is 0 Å². The molecule has 1 aliphatic rings. The summed E-state index contributed by atoms with van der Waals surface area (Å²) in [5.41, 5.74) is 2.83. The molecule has 2 aromatic carbocycles. The molecule has 0 N–H and O–H groups in total. The number of carbonyl (C=O) groups excluding carboxylic acids is 1. The number of hydrogen-bond donors (Lipinski definition) is 0. The molecule has 0 amide bonds. The highest BCUT2D eigenvalue weighted by atomic mass is 32.2. The third-order valence-electron chi connectivity index (χ3n) is 4.19. The first-order valence-corrected chi connectivity index (χ1v) is 11.6. The Labute approximate surface area is 182 Å². The maximum Gasteiger partial charge on any atom is 0.217 e. The fraction of sp³-hybridized carbons (Fsp3) is 0.333. The number of halogens is 2. The van der Waals surface area contributed by atoms with Crippen molar-refractivity contribution in [2.75, 3.05) is 0 Å².